The van der Waals surface area contributed by atoms with Crippen molar-refractivity contribution in [1.82, 2.24) is 10.2 Å². The summed E-state index contributed by atoms with van der Waals surface area (Å²) in [5.74, 6) is 0.283. The molecule has 0 bridgehead atoms. The summed E-state index contributed by atoms with van der Waals surface area (Å²) in [7, 11) is 0. The van der Waals surface area contributed by atoms with Crippen molar-refractivity contribution in [3.05, 3.63) is 34.8 Å². The number of aromatic nitrogens is 2. The average Bonchev–Trinajstić information content (AvgIpc) is 3.28. The molecule has 1 aliphatic carbocycles. The van der Waals surface area contributed by atoms with Crippen LogP contribution < -0.4 is 10.6 Å². The van der Waals surface area contributed by atoms with Crippen molar-refractivity contribution in [3.8, 4) is 0 Å². The van der Waals surface area contributed by atoms with Gasteiger partial charge in [0.05, 0.1) is 0 Å². The fourth-order valence-corrected chi connectivity index (χ4v) is 3.01. The van der Waals surface area contributed by atoms with Gasteiger partial charge in [-0.2, -0.15) is 0 Å². The fraction of sp³-hybridized carbons (Fsp3) is 0.375. The maximum atomic E-state index is 12.2. The molecule has 0 saturated heterocycles. The minimum Gasteiger partial charge on any atom is -0.326 e. The first kappa shape index (κ1) is 15.6. The van der Waals surface area contributed by atoms with Gasteiger partial charge < -0.3 is 5.32 Å². The van der Waals surface area contributed by atoms with Crippen LogP contribution in [0.2, 0.25) is 0 Å². The molecule has 1 aromatic carbocycles. The van der Waals surface area contributed by atoms with E-state index in [1.807, 2.05) is 6.92 Å². The maximum absolute atomic E-state index is 12.2. The lowest BCUT2D eigenvalue weighted by Gasteiger charge is -2.05. The topological polar surface area (TPSA) is 84.0 Å². The lowest BCUT2D eigenvalue weighted by atomic mass is 10.2. The molecule has 23 heavy (non-hydrogen) atoms. The molecule has 2 amide bonds. The van der Waals surface area contributed by atoms with E-state index in [0.29, 0.717) is 28.7 Å². The minimum atomic E-state index is -0.227. The highest BCUT2D eigenvalue weighted by Crippen LogP contribution is 2.42. The third-order valence-corrected chi connectivity index (χ3v) is 4.50. The molecule has 1 fully saturated rings. The van der Waals surface area contributed by atoms with Crippen molar-refractivity contribution < 1.29 is 9.59 Å². The van der Waals surface area contributed by atoms with Crippen molar-refractivity contribution in [1.29, 1.82) is 0 Å². The van der Waals surface area contributed by atoms with Gasteiger partial charge in [0.15, 0.2) is 0 Å². The summed E-state index contributed by atoms with van der Waals surface area (Å²) in [5, 5.41) is 15.2. The second-order valence-corrected chi connectivity index (χ2v) is 6.56. The summed E-state index contributed by atoms with van der Waals surface area (Å²) in [4.78, 5) is 23.7. The standard InChI is InChI=1S/C16H18N4O2S/c1-2-3-13(21)17-12-8-6-10(7-9-12)14(22)18-16-20-19-15(23-16)11-4-5-11/h6-9,11H,2-5H2,1H3,(H,17,21)(H,18,20,22). The van der Waals surface area contributed by atoms with Crippen LogP contribution in [0.5, 0.6) is 0 Å². The quantitative estimate of drug-likeness (QED) is 0.850. The molecule has 2 N–H and O–H groups in total. The van der Waals surface area contributed by atoms with Crippen molar-refractivity contribution in [2.45, 2.75) is 38.5 Å². The number of hydrogen-bond donors (Lipinski definition) is 2. The second kappa shape index (κ2) is 6.87. The molecule has 0 spiro atoms. The molecule has 1 aromatic heterocycles. The maximum Gasteiger partial charge on any atom is 0.257 e. The van der Waals surface area contributed by atoms with Crippen LogP contribution in [0, 0.1) is 0 Å². The Morgan fingerprint density at radius 1 is 1.17 bits per heavy atom. The summed E-state index contributed by atoms with van der Waals surface area (Å²) in [6.45, 7) is 1.95. The van der Waals surface area contributed by atoms with Gasteiger partial charge in [0.1, 0.15) is 5.01 Å². The zero-order valence-corrected chi connectivity index (χ0v) is 13.7. The van der Waals surface area contributed by atoms with Gasteiger partial charge in [-0.15, -0.1) is 10.2 Å². The van der Waals surface area contributed by atoms with E-state index in [-0.39, 0.29) is 11.8 Å². The molecule has 1 saturated carbocycles. The molecule has 1 heterocycles. The fourth-order valence-electron chi connectivity index (χ4n) is 2.11. The normalized spacial score (nSPS) is 13.6. The lowest BCUT2D eigenvalue weighted by molar-refractivity contribution is -0.116. The molecule has 2 aromatic rings. The molecule has 120 valence electrons. The number of hydrogen-bond acceptors (Lipinski definition) is 5. The number of nitrogens with zero attached hydrogens (tertiary/aromatic N) is 2. The summed E-state index contributed by atoms with van der Waals surface area (Å²) in [5.41, 5.74) is 1.20. The number of carbonyl (C=O) groups is 2. The number of carbonyl (C=O) groups excluding carboxylic acids is 2. The first-order valence-electron chi connectivity index (χ1n) is 7.70. The molecule has 0 atom stereocenters. The van der Waals surface area contributed by atoms with Crippen molar-refractivity contribution in [2.24, 2.45) is 0 Å². The Bertz CT molecular complexity index is 707. The second-order valence-electron chi connectivity index (χ2n) is 5.55. The van der Waals surface area contributed by atoms with Crippen LogP contribution in [0.4, 0.5) is 10.8 Å². The summed E-state index contributed by atoms with van der Waals surface area (Å²) in [6, 6.07) is 6.80. The first-order chi connectivity index (χ1) is 11.2. The van der Waals surface area contributed by atoms with Gasteiger partial charge in [0, 0.05) is 23.6 Å². The Morgan fingerprint density at radius 2 is 1.91 bits per heavy atom. The van der Waals surface area contributed by atoms with Crippen molar-refractivity contribution >= 4 is 34.0 Å². The van der Waals surface area contributed by atoms with Gasteiger partial charge in [0.25, 0.3) is 5.91 Å². The Kier molecular flexibility index (Phi) is 4.66. The predicted octanol–water partition coefficient (Wildman–Crippen LogP) is 3.41. The molecule has 0 radical (unpaired) electrons. The van der Waals surface area contributed by atoms with E-state index in [4.69, 9.17) is 0 Å². The Hall–Kier alpha value is -2.28. The van der Waals surface area contributed by atoms with E-state index < -0.39 is 0 Å². The van der Waals surface area contributed by atoms with Gasteiger partial charge in [0.2, 0.25) is 11.0 Å². The van der Waals surface area contributed by atoms with Gasteiger partial charge >= 0.3 is 0 Å². The highest BCUT2D eigenvalue weighted by molar-refractivity contribution is 7.15. The Balaban J connectivity index is 1.59. The van der Waals surface area contributed by atoms with Crippen LogP contribution in [-0.4, -0.2) is 22.0 Å². The molecule has 6 nitrogen and oxygen atoms in total. The van der Waals surface area contributed by atoms with E-state index in [1.165, 1.54) is 11.3 Å². The van der Waals surface area contributed by atoms with E-state index in [9.17, 15) is 9.59 Å². The Morgan fingerprint density at radius 3 is 2.57 bits per heavy atom. The van der Waals surface area contributed by atoms with Crippen LogP contribution in [0.3, 0.4) is 0 Å². The van der Waals surface area contributed by atoms with Crippen LogP contribution in [0.1, 0.15) is 53.9 Å². The van der Waals surface area contributed by atoms with Gasteiger partial charge in [-0.3, -0.25) is 14.9 Å². The largest absolute Gasteiger partial charge is 0.326 e. The van der Waals surface area contributed by atoms with Gasteiger partial charge in [-0.25, -0.2) is 0 Å². The zero-order chi connectivity index (χ0) is 16.2. The molecule has 7 heteroatoms. The van der Waals surface area contributed by atoms with E-state index in [0.717, 1.165) is 24.3 Å². The van der Waals surface area contributed by atoms with E-state index >= 15 is 0 Å². The zero-order valence-electron chi connectivity index (χ0n) is 12.8. The average molecular weight is 330 g/mol. The Labute approximate surface area is 138 Å². The minimum absolute atomic E-state index is 0.0221. The summed E-state index contributed by atoms with van der Waals surface area (Å²) in [6.07, 6.45) is 3.61. The van der Waals surface area contributed by atoms with Gasteiger partial charge in [-0.1, -0.05) is 18.3 Å². The number of nitrogens with one attached hydrogen (secondary N) is 2. The molecular weight excluding hydrogens is 312 g/mol. The van der Waals surface area contributed by atoms with Gasteiger partial charge in [-0.05, 0) is 43.5 Å². The van der Waals surface area contributed by atoms with E-state index in [2.05, 4.69) is 20.8 Å². The highest BCUT2D eigenvalue weighted by Gasteiger charge is 2.27. The van der Waals surface area contributed by atoms with E-state index in [1.54, 1.807) is 24.3 Å². The smallest absolute Gasteiger partial charge is 0.257 e. The highest BCUT2D eigenvalue weighted by atomic mass is 32.1. The third kappa shape index (κ3) is 4.13. The number of amides is 2. The number of benzene rings is 1. The molecule has 1 aliphatic rings. The van der Waals surface area contributed by atoms with Crippen LogP contribution in [-0.2, 0) is 4.79 Å². The summed E-state index contributed by atoms with van der Waals surface area (Å²) < 4.78 is 0. The van der Waals surface area contributed by atoms with Crippen LogP contribution in [0.15, 0.2) is 24.3 Å². The number of anilines is 2. The third-order valence-electron chi connectivity index (χ3n) is 3.50. The summed E-state index contributed by atoms with van der Waals surface area (Å²) >= 11 is 1.43. The molecule has 3 rings (SSSR count). The first-order valence-corrected chi connectivity index (χ1v) is 8.52. The SMILES string of the molecule is CCCC(=O)Nc1ccc(C(=O)Nc2nnc(C3CC3)s2)cc1. The van der Waals surface area contributed by atoms with Crippen molar-refractivity contribution in [3.63, 3.8) is 0 Å². The molecule has 0 aliphatic heterocycles. The van der Waals surface area contributed by atoms with Crippen LogP contribution in [0.25, 0.3) is 0 Å². The molecular formula is C16H18N4O2S. The predicted molar refractivity (Wildman–Crippen MR) is 89.8 cm³/mol. The lowest BCUT2D eigenvalue weighted by Crippen LogP contribution is -2.13. The molecule has 0 unspecified atom stereocenters. The number of rotatable bonds is 6. The van der Waals surface area contributed by atoms with Crippen molar-refractivity contribution in [2.75, 3.05) is 10.6 Å². The monoisotopic (exact) mass is 330 g/mol. The van der Waals surface area contributed by atoms with Crippen LogP contribution >= 0.6 is 11.3 Å².